The molecule has 0 aliphatic heterocycles. The Kier molecular flexibility index (Phi) is 5.20. The van der Waals surface area contributed by atoms with E-state index in [0.29, 0.717) is 0 Å². The van der Waals surface area contributed by atoms with Crippen LogP contribution < -0.4 is 15.5 Å². The monoisotopic (exact) mass is 384 g/mol. The predicted molar refractivity (Wildman–Crippen MR) is 121 cm³/mol. The fourth-order valence-electron chi connectivity index (χ4n) is 3.52. The first-order valence-corrected chi connectivity index (χ1v) is 9.57. The molecule has 5 heteroatoms. The molecule has 146 valence electrons. The third-order valence-corrected chi connectivity index (χ3v) is 4.95. The number of aromatic nitrogens is 1. The lowest BCUT2D eigenvalue weighted by Gasteiger charge is -2.19. The van der Waals surface area contributed by atoms with Crippen LogP contribution in [0.3, 0.4) is 0 Å². The number of carbonyl (C=O) groups excluding carboxylic acids is 1. The molecule has 5 nitrogen and oxygen atoms in total. The van der Waals surface area contributed by atoms with Crippen LogP contribution in [-0.4, -0.2) is 17.6 Å². The number of aryl methyl sites for hydroxylation is 1. The van der Waals surface area contributed by atoms with E-state index in [1.165, 1.54) is 0 Å². The zero-order valence-corrected chi connectivity index (χ0v) is 16.6. The summed E-state index contributed by atoms with van der Waals surface area (Å²) in [5.41, 5.74) is 4.91. The molecular formula is C24H24N4O. The second kappa shape index (κ2) is 8.10. The molecule has 1 heterocycles. The van der Waals surface area contributed by atoms with Gasteiger partial charge < -0.3 is 20.1 Å². The third kappa shape index (κ3) is 4.24. The molecule has 0 saturated carbocycles. The van der Waals surface area contributed by atoms with E-state index in [0.717, 1.165) is 40.1 Å². The van der Waals surface area contributed by atoms with Crippen molar-refractivity contribution in [3.8, 4) is 0 Å². The number of rotatable bonds is 5. The Bertz CT molecular complexity index is 1130. The topological polar surface area (TPSA) is 49.3 Å². The fraction of sp³-hybridized carbons (Fsp3) is 0.125. The normalized spacial score (nSPS) is 10.7. The van der Waals surface area contributed by atoms with E-state index < -0.39 is 0 Å². The smallest absolute Gasteiger partial charge is 0.323 e. The molecule has 0 aliphatic rings. The predicted octanol–water partition coefficient (Wildman–Crippen LogP) is 5.46. The Morgan fingerprint density at radius 2 is 1.69 bits per heavy atom. The standard InChI is InChI=1S/C24H24N4O/c1-27(20-11-4-3-5-12-20)16-18-9-8-10-19(15-18)25-24(29)26-22-17-28(2)23-14-7-6-13-21(22)23/h3-15,17H,16H2,1-2H3,(H2,25,26,29). The van der Waals surface area contributed by atoms with Crippen molar-refractivity contribution in [2.75, 3.05) is 22.6 Å². The van der Waals surface area contributed by atoms with Gasteiger partial charge in [-0.25, -0.2) is 4.79 Å². The average Bonchev–Trinajstić information content (AvgIpc) is 3.04. The lowest BCUT2D eigenvalue weighted by molar-refractivity contribution is 0.262. The summed E-state index contributed by atoms with van der Waals surface area (Å²) in [4.78, 5) is 14.7. The Morgan fingerprint density at radius 3 is 2.52 bits per heavy atom. The van der Waals surface area contributed by atoms with Crippen LogP contribution in [0.2, 0.25) is 0 Å². The minimum absolute atomic E-state index is 0.255. The maximum atomic E-state index is 12.5. The van der Waals surface area contributed by atoms with Gasteiger partial charge in [0.1, 0.15) is 0 Å². The SMILES string of the molecule is CN(Cc1cccc(NC(=O)Nc2cn(C)c3ccccc23)c1)c1ccccc1. The number of fused-ring (bicyclic) bond motifs is 1. The summed E-state index contributed by atoms with van der Waals surface area (Å²) in [6.45, 7) is 0.754. The largest absolute Gasteiger partial charge is 0.370 e. The first kappa shape index (κ1) is 18.6. The fourth-order valence-corrected chi connectivity index (χ4v) is 3.52. The van der Waals surface area contributed by atoms with E-state index in [4.69, 9.17) is 0 Å². The molecule has 1 aromatic heterocycles. The molecule has 0 fully saturated rings. The highest BCUT2D eigenvalue weighted by Crippen LogP contribution is 2.25. The molecule has 0 bridgehead atoms. The van der Waals surface area contributed by atoms with Crippen LogP contribution in [0.1, 0.15) is 5.56 Å². The summed E-state index contributed by atoms with van der Waals surface area (Å²) in [6, 6.07) is 25.9. The quantitative estimate of drug-likeness (QED) is 0.480. The second-order valence-electron chi connectivity index (χ2n) is 7.14. The van der Waals surface area contributed by atoms with Crippen molar-refractivity contribution in [2.24, 2.45) is 7.05 Å². The van der Waals surface area contributed by atoms with Crippen LogP contribution in [-0.2, 0) is 13.6 Å². The van der Waals surface area contributed by atoms with E-state index in [9.17, 15) is 4.79 Å². The van der Waals surface area contributed by atoms with Crippen molar-refractivity contribution in [3.63, 3.8) is 0 Å². The number of hydrogen-bond acceptors (Lipinski definition) is 2. The molecule has 2 amide bonds. The van der Waals surface area contributed by atoms with Crippen molar-refractivity contribution >= 4 is 34.0 Å². The highest BCUT2D eigenvalue weighted by Gasteiger charge is 2.10. The molecule has 3 aromatic carbocycles. The van der Waals surface area contributed by atoms with Crippen LogP contribution in [0.4, 0.5) is 21.9 Å². The van der Waals surface area contributed by atoms with Crippen molar-refractivity contribution in [1.82, 2.24) is 4.57 Å². The molecule has 0 unspecified atom stereocenters. The Labute approximate surface area is 170 Å². The van der Waals surface area contributed by atoms with Gasteiger partial charge in [-0.15, -0.1) is 0 Å². The number of anilines is 3. The number of amides is 2. The molecule has 4 aromatic rings. The highest BCUT2D eigenvalue weighted by atomic mass is 16.2. The highest BCUT2D eigenvalue weighted by molar-refractivity contribution is 6.06. The number of hydrogen-bond donors (Lipinski definition) is 2. The van der Waals surface area contributed by atoms with Gasteiger partial charge in [-0.05, 0) is 35.9 Å². The molecule has 2 N–H and O–H groups in total. The average molecular weight is 384 g/mol. The minimum atomic E-state index is -0.255. The molecule has 4 rings (SSSR count). The maximum absolute atomic E-state index is 12.5. The van der Waals surface area contributed by atoms with Gasteiger partial charge in [-0.1, -0.05) is 48.5 Å². The summed E-state index contributed by atoms with van der Waals surface area (Å²) < 4.78 is 2.00. The van der Waals surface area contributed by atoms with Gasteiger partial charge >= 0.3 is 6.03 Å². The number of nitrogens with zero attached hydrogens (tertiary/aromatic N) is 2. The number of para-hydroxylation sites is 2. The number of urea groups is 1. The van der Waals surface area contributed by atoms with Crippen LogP contribution >= 0.6 is 0 Å². The first-order valence-electron chi connectivity index (χ1n) is 9.57. The lowest BCUT2D eigenvalue weighted by atomic mass is 10.2. The number of benzene rings is 3. The minimum Gasteiger partial charge on any atom is -0.370 e. The van der Waals surface area contributed by atoms with E-state index in [1.807, 2.05) is 78.5 Å². The Hall–Kier alpha value is -3.73. The first-order chi connectivity index (χ1) is 14.1. The number of nitrogens with one attached hydrogen (secondary N) is 2. The summed E-state index contributed by atoms with van der Waals surface area (Å²) in [5, 5.41) is 6.92. The van der Waals surface area contributed by atoms with Gasteiger partial charge in [-0.2, -0.15) is 0 Å². The van der Waals surface area contributed by atoms with Crippen LogP contribution in [0.5, 0.6) is 0 Å². The molecule has 0 spiro atoms. The summed E-state index contributed by atoms with van der Waals surface area (Å²) in [7, 11) is 4.03. The third-order valence-electron chi connectivity index (χ3n) is 4.95. The van der Waals surface area contributed by atoms with E-state index >= 15 is 0 Å². The summed E-state index contributed by atoms with van der Waals surface area (Å²) in [6.07, 6.45) is 1.93. The molecule has 0 atom stereocenters. The van der Waals surface area contributed by atoms with Gasteiger partial charge in [0.05, 0.1) is 5.69 Å². The summed E-state index contributed by atoms with van der Waals surface area (Å²) >= 11 is 0. The summed E-state index contributed by atoms with van der Waals surface area (Å²) in [5.74, 6) is 0. The maximum Gasteiger partial charge on any atom is 0.323 e. The molecule has 0 saturated heterocycles. The second-order valence-corrected chi connectivity index (χ2v) is 7.14. The van der Waals surface area contributed by atoms with Crippen molar-refractivity contribution < 1.29 is 4.79 Å². The van der Waals surface area contributed by atoms with Gasteiger partial charge in [0.2, 0.25) is 0 Å². The van der Waals surface area contributed by atoms with Crippen molar-refractivity contribution in [1.29, 1.82) is 0 Å². The van der Waals surface area contributed by atoms with Crippen molar-refractivity contribution in [2.45, 2.75) is 6.54 Å². The Balaban J connectivity index is 1.44. The van der Waals surface area contributed by atoms with Gasteiger partial charge in [0.15, 0.2) is 0 Å². The molecule has 29 heavy (non-hydrogen) atoms. The molecular weight excluding hydrogens is 360 g/mol. The molecule has 0 radical (unpaired) electrons. The van der Waals surface area contributed by atoms with E-state index in [2.05, 4.69) is 40.8 Å². The van der Waals surface area contributed by atoms with Gasteiger partial charge in [0, 0.05) is 49.1 Å². The van der Waals surface area contributed by atoms with Crippen LogP contribution in [0, 0.1) is 0 Å². The lowest BCUT2D eigenvalue weighted by Crippen LogP contribution is -2.20. The van der Waals surface area contributed by atoms with Crippen LogP contribution in [0.15, 0.2) is 85.1 Å². The van der Waals surface area contributed by atoms with Crippen molar-refractivity contribution in [3.05, 3.63) is 90.6 Å². The zero-order valence-electron chi connectivity index (χ0n) is 16.6. The zero-order chi connectivity index (χ0) is 20.2. The number of carbonyl (C=O) groups is 1. The molecule has 0 aliphatic carbocycles. The van der Waals surface area contributed by atoms with E-state index in [-0.39, 0.29) is 6.03 Å². The van der Waals surface area contributed by atoms with Gasteiger partial charge in [-0.3, -0.25) is 0 Å². The Morgan fingerprint density at radius 1 is 0.931 bits per heavy atom. The van der Waals surface area contributed by atoms with E-state index in [1.54, 1.807) is 0 Å². The van der Waals surface area contributed by atoms with Crippen LogP contribution in [0.25, 0.3) is 10.9 Å². The van der Waals surface area contributed by atoms with Gasteiger partial charge in [0.25, 0.3) is 0 Å².